The first-order valence-corrected chi connectivity index (χ1v) is 11.6. The number of nitrogens with zero attached hydrogens (tertiary/aromatic N) is 1. The average Bonchev–Trinajstić information content (AvgIpc) is 2.66. The highest BCUT2D eigenvalue weighted by Crippen LogP contribution is 2.33. The van der Waals surface area contributed by atoms with Crippen LogP contribution in [0.25, 0.3) is 0 Å². The monoisotopic (exact) mass is 463 g/mol. The molecule has 33 heavy (non-hydrogen) atoms. The van der Waals surface area contributed by atoms with Gasteiger partial charge in [-0.1, -0.05) is 31.5 Å². The van der Waals surface area contributed by atoms with Crippen LogP contribution in [0.4, 0.5) is 4.79 Å². The van der Waals surface area contributed by atoms with E-state index >= 15 is 0 Å². The topological polar surface area (TPSA) is 108 Å². The third-order valence-electron chi connectivity index (χ3n) is 5.11. The molecule has 3 N–H and O–H groups in total. The summed E-state index contributed by atoms with van der Waals surface area (Å²) < 4.78 is 5.27. The molecule has 3 amide bonds. The van der Waals surface area contributed by atoms with E-state index in [0.29, 0.717) is 11.1 Å². The van der Waals surface area contributed by atoms with Gasteiger partial charge in [-0.25, -0.2) is 4.79 Å². The molecule has 0 fully saturated rings. The molecule has 3 atom stereocenters. The molecule has 1 rings (SSSR count). The Labute approximate surface area is 198 Å². The van der Waals surface area contributed by atoms with Crippen LogP contribution in [0.15, 0.2) is 18.2 Å². The lowest BCUT2D eigenvalue weighted by molar-refractivity contribution is -0.144. The van der Waals surface area contributed by atoms with Gasteiger partial charge >= 0.3 is 6.09 Å². The Morgan fingerprint density at radius 1 is 1.09 bits per heavy atom. The van der Waals surface area contributed by atoms with Crippen molar-refractivity contribution in [3.8, 4) is 5.75 Å². The summed E-state index contributed by atoms with van der Waals surface area (Å²) in [6.07, 6.45) is 0.957. The summed E-state index contributed by atoms with van der Waals surface area (Å²) in [7, 11) is 0. The molecule has 0 heterocycles. The Hall–Kier alpha value is -2.77. The maximum Gasteiger partial charge on any atom is 0.408 e. The summed E-state index contributed by atoms with van der Waals surface area (Å²) >= 11 is 0. The fraction of sp³-hybridized carbons (Fsp3) is 0.640. The molecule has 0 aliphatic heterocycles. The fourth-order valence-corrected chi connectivity index (χ4v) is 3.60. The summed E-state index contributed by atoms with van der Waals surface area (Å²) in [5, 5.41) is 16.3. The Morgan fingerprint density at radius 2 is 1.70 bits per heavy atom. The molecule has 8 heteroatoms. The minimum absolute atomic E-state index is 0.0352. The van der Waals surface area contributed by atoms with Gasteiger partial charge in [-0.3, -0.25) is 9.59 Å². The van der Waals surface area contributed by atoms with Crippen molar-refractivity contribution in [2.45, 2.75) is 105 Å². The number of aromatic hydroxyl groups is 1. The SMILES string of the molecule is CCCC(C)NC(=O)C(c1cccc(C)c1O)N(C(=O)C(C)NC(=O)OC(C)(C)C)C(C)C. The van der Waals surface area contributed by atoms with Gasteiger partial charge in [0.15, 0.2) is 0 Å². The maximum atomic E-state index is 13.5. The van der Waals surface area contributed by atoms with Crippen LogP contribution < -0.4 is 10.6 Å². The number of benzene rings is 1. The normalized spacial score (nSPS) is 14.2. The van der Waals surface area contributed by atoms with Crippen LogP contribution in [-0.2, 0) is 14.3 Å². The zero-order valence-electron chi connectivity index (χ0n) is 21.5. The first-order chi connectivity index (χ1) is 15.2. The second-order valence-corrected chi connectivity index (χ2v) is 9.82. The van der Waals surface area contributed by atoms with Crippen LogP contribution in [0.2, 0.25) is 0 Å². The van der Waals surface area contributed by atoms with Crippen molar-refractivity contribution < 1.29 is 24.2 Å². The second kappa shape index (κ2) is 11.9. The molecule has 1 aromatic carbocycles. The molecule has 0 spiro atoms. The number of ether oxygens (including phenoxy) is 1. The van der Waals surface area contributed by atoms with Crippen LogP contribution >= 0.6 is 0 Å². The first kappa shape index (κ1) is 28.3. The van der Waals surface area contributed by atoms with Gasteiger partial charge in [0, 0.05) is 17.6 Å². The van der Waals surface area contributed by atoms with Crippen molar-refractivity contribution in [3.63, 3.8) is 0 Å². The average molecular weight is 464 g/mol. The molecule has 0 saturated carbocycles. The summed E-state index contributed by atoms with van der Waals surface area (Å²) in [5.41, 5.74) is 0.223. The Balaban J connectivity index is 3.37. The molecule has 0 aliphatic rings. The number of para-hydroxylation sites is 1. The molecule has 1 aromatic rings. The second-order valence-electron chi connectivity index (χ2n) is 9.82. The summed E-state index contributed by atoms with van der Waals surface area (Å²) in [4.78, 5) is 40.6. The number of phenols is 1. The molecule has 0 aliphatic carbocycles. The Kier molecular flexibility index (Phi) is 10.2. The molecule has 0 radical (unpaired) electrons. The number of phenolic OH excluding ortho intramolecular Hbond substituents is 1. The van der Waals surface area contributed by atoms with Gasteiger partial charge in [-0.05, 0) is 67.4 Å². The van der Waals surface area contributed by atoms with Crippen LogP contribution in [0.3, 0.4) is 0 Å². The summed E-state index contributed by atoms with van der Waals surface area (Å²) in [6.45, 7) is 16.0. The van der Waals surface area contributed by atoms with Gasteiger partial charge in [-0.2, -0.15) is 0 Å². The third-order valence-corrected chi connectivity index (χ3v) is 5.11. The largest absolute Gasteiger partial charge is 0.507 e. The van der Waals surface area contributed by atoms with Gasteiger partial charge in [0.05, 0.1) is 0 Å². The number of amides is 3. The minimum Gasteiger partial charge on any atom is -0.507 e. The van der Waals surface area contributed by atoms with Crippen molar-refractivity contribution >= 4 is 17.9 Å². The number of nitrogens with one attached hydrogen (secondary N) is 2. The molecule has 0 aromatic heterocycles. The Morgan fingerprint density at radius 3 is 2.21 bits per heavy atom. The van der Waals surface area contributed by atoms with Crippen molar-refractivity contribution in [2.75, 3.05) is 0 Å². The van der Waals surface area contributed by atoms with E-state index in [4.69, 9.17) is 4.74 Å². The highest BCUT2D eigenvalue weighted by Gasteiger charge is 2.38. The van der Waals surface area contributed by atoms with E-state index in [0.717, 1.165) is 12.8 Å². The quantitative estimate of drug-likeness (QED) is 0.509. The van der Waals surface area contributed by atoms with Gasteiger partial charge in [-0.15, -0.1) is 0 Å². The zero-order valence-corrected chi connectivity index (χ0v) is 21.5. The van der Waals surface area contributed by atoms with E-state index in [-0.39, 0.29) is 17.7 Å². The first-order valence-electron chi connectivity index (χ1n) is 11.6. The predicted octanol–water partition coefficient (Wildman–Crippen LogP) is 4.20. The number of hydrogen-bond donors (Lipinski definition) is 3. The molecule has 186 valence electrons. The number of carbonyl (C=O) groups excluding carboxylic acids is 3. The minimum atomic E-state index is -1.07. The Bertz CT molecular complexity index is 832. The predicted molar refractivity (Wildman–Crippen MR) is 129 cm³/mol. The van der Waals surface area contributed by atoms with Gasteiger partial charge < -0.3 is 25.4 Å². The molecule has 8 nitrogen and oxygen atoms in total. The van der Waals surface area contributed by atoms with E-state index < -0.39 is 35.7 Å². The highest BCUT2D eigenvalue weighted by molar-refractivity contribution is 5.92. The van der Waals surface area contributed by atoms with E-state index in [1.807, 2.05) is 13.8 Å². The molecule has 0 saturated heterocycles. The molecular weight excluding hydrogens is 422 g/mol. The van der Waals surface area contributed by atoms with E-state index in [2.05, 4.69) is 10.6 Å². The third kappa shape index (κ3) is 8.26. The number of aryl methyl sites for hydroxylation is 1. The van der Waals surface area contributed by atoms with Crippen LogP contribution in [-0.4, -0.2) is 51.6 Å². The van der Waals surface area contributed by atoms with Crippen LogP contribution in [0.5, 0.6) is 5.75 Å². The van der Waals surface area contributed by atoms with Crippen molar-refractivity contribution in [1.29, 1.82) is 0 Å². The smallest absolute Gasteiger partial charge is 0.408 e. The van der Waals surface area contributed by atoms with E-state index in [9.17, 15) is 19.5 Å². The molecular formula is C25H41N3O5. The van der Waals surface area contributed by atoms with Crippen LogP contribution in [0, 0.1) is 6.92 Å². The molecule has 0 bridgehead atoms. The van der Waals surface area contributed by atoms with Crippen molar-refractivity contribution in [2.24, 2.45) is 0 Å². The lowest BCUT2D eigenvalue weighted by atomic mass is 9.97. The fourth-order valence-electron chi connectivity index (χ4n) is 3.60. The van der Waals surface area contributed by atoms with Gasteiger partial charge in [0.25, 0.3) is 0 Å². The summed E-state index contributed by atoms with van der Waals surface area (Å²) in [6, 6.07) is 2.62. The van der Waals surface area contributed by atoms with Crippen LogP contribution in [0.1, 0.15) is 85.4 Å². The maximum absolute atomic E-state index is 13.5. The van der Waals surface area contributed by atoms with Gasteiger partial charge in [0.1, 0.15) is 23.4 Å². The number of carbonyl (C=O) groups is 3. The van der Waals surface area contributed by atoms with Gasteiger partial charge in [0.2, 0.25) is 11.8 Å². The zero-order chi connectivity index (χ0) is 25.5. The van der Waals surface area contributed by atoms with Crippen molar-refractivity contribution in [3.05, 3.63) is 29.3 Å². The number of alkyl carbamates (subject to hydrolysis) is 1. The number of rotatable bonds is 9. The van der Waals surface area contributed by atoms with E-state index in [1.165, 1.54) is 4.90 Å². The van der Waals surface area contributed by atoms with E-state index in [1.54, 1.807) is 66.7 Å². The standard InChI is InChI=1S/C25H41N3O5/c1-10-12-17(5)26-22(30)20(19-14-11-13-16(4)21(19)29)28(15(2)3)23(31)18(6)27-24(32)33-25(7,8)9/h11,13-15,17-18,20,29H,10,12H2,1-9H3,(H,26,30)(H,27,32). The lowest BCUT2D eigenvalue weighted by Crippen LogP contribution is -2.54. The lowest BCUT2D eigenvalue weighted by Gasteiger charge is -2.37. The summed E-state index contributed by atoms with van der Waals surface area (Å²) in [5.74, 6) is -0.879. The van der Waals surface area contributed by atoms with Crippen molar-refractivity contribution in [1.82, 2.24) is 15.5 Å². The number of hydrogen-bond acceptors (Lipinski definition) is 5. The molecule has 3 unspecified atom stereocenters. The highest BCUT2D eigenvalue weighted by atomic mass is 16.6.